The lowest BCUT2D eigenvalue weighted by atomic mass is 10.1. The molecule has 0 spiro atoms. The molecule has 1 aliphatic rings. The van der Waals surface area contributed by atoms with Crippen molar-refractivity contribution < 1.29 is 14.7 Å². The normalized spacial score (nSPS) is 13.2. The van der Waals surface area contributed by atoms with Crippen LogP contribution in [0.2, 0.25) is 0 Å². The maximum Gasteiger partial charge on any atom is 0.276 e. The first-order chi connectivity index (χ1) is 7.84. The smallest absolute Gasteiger partial charge is 0.276 e. The second-order valence-corrected chi connectivity index (χ2v) is 3.87. The molecule has 0 saturated heterocycles. The maximum absolute atomic E-state index is 9.70. The minimum absolute atomic E-state index is 0.731. The van der Waals surface area contributed by atoms with E-state index in [1.54, 1.807) is 12.3 Å². The molecule has 80 valence electrons. The molecule has 3 nitrogen and oxygen atoms in total. The highest BCUT2D eigenvalue weighted by Gasteiger charge is 2.22. The van der Waals surface area contributed by atoms with Crippen molar-refractivity contribution in [3.05, 3.63) is 53.9 Å². The van der Waals surface area contributed by atoms with E-state index in [-0.39, 0.29) is 0 Å². The van der Waals surface area contributed by atoms with E-state index in [4.69, 9.17) is 4.74 Å². The first kappa shape index (κ1) is 9.21. The van der Waals surface area contributed by atoms with Crippen LogP contribution >= 0.6 is 0 Å². The highest BCUT2D eigenvalue weighted by molar-refractivity contribution is 5.41. The van der Waals surface area contributed by atoms with Crippen LogP contribution < -0.4 is 9.47 Å². The molecule has 16 heavy (non-hydrogen) atoms. The third kappa shape index (κ3) is 1.41. The molecular weight excluding hydrogens is 202 g/mol. The number of benzene rings is 1. The third-order valence-corrected chi connectivity index (χ3v) is 2.86. The first-order valence-electron chi connectivity index (χ1n) is 5.33. The third-order valence-electron chi connectivity index (χ3n) is 2.86. The lowest BCUT2D eigenvalue weighted by Gasteiger charge is -2.05. The highest BCUT2D eigenvalue weighted by Crippen LogP contribution is 2.31. The zero-order valence-electron chi connectivity index (χ0n) is 8.76. The SMILES string of the molecule is O[n+]1cccc2c1CCc1ccccc1O2. The summed E-state index contributed by atoms with van der Waals surface area (Å²) in [5.41, 5.74) is 2.00. The molecule has 0 bridgehead atoms. The molecule has 0 aliphatic carbocycles. The monoisotopic (exact) mass is 214 g/mol. The van der Waals surface area contributed by atoms with Crippen LogP contribution in [0.3, 0.4) is 0 Å². The fraction of sp³-hybridized carbons (Fsp3) is 0.154. The summed E-state index contributed by atoms with van der Waals surface area (Å²) in [6.45, 7) is 0. The van der Waals surface area contributed by atoms with Crippen LogP contribution in [0.15, 0.2) is 42.6 Å². The van der Waals surface area contributed by atoms with Crippen molar-refractivity contribution >= 4 is 0 Å². The Kier molecular flexibility index (Phi) is 2.03. The lowest BCUT2D eigenvalue weighted by Crippen LogP contribution is -2.34. The molecular formula is C13H12NO2+. The van der Waals surface area contributed by atoms with Gasteiger partial charge in [0.15, 0.2) is 5.75 Å². The number of rotatable bonds is 0. The number of pyridine rings is 1. The average Bonchev–Trinajstić information content (AvgIpc) is 2.48. The number of aromatic nitrogens is 1. The summed E-state index contributed by atoms with van der Waals surface area (Å²) in [4.78, 5) is 0. The van der Waals surface area contributed by atoms with Gasteiger partial charge in [0.25, 0.3) is 5.69 Å². The van der Waals surface area contributed by atoms with Crippen molar-refractivity contribution in [1.29, 1.82) is 0 Å². The number of aryl methyl sites for hydroxylation is 1. The minimum atomic E-state index is 0.731. The van der Waals surface area contributed by atoms with E-state index in [9.17, 15) is 5.21 Å². The molecule has 1 aromatic carbocycles. The van der Waals surface area contributed by atoms with E-state index < -0.39 is 0 Å². The van der Waals surface area contributed by atoms with Gasteiger partial charge in [0.05, 0.1) is 0 Å². The minimum Gasteiger partial charge on any atom is -0.450 e. The molecule has 1 aromatic heterocycles. The molecule has 0 fully saturated rings. The van der Waals surface area contributed by atoms with E-state index >= 15 is 0 Å². The fourth-order valence-electron chi connectivity index (χ4n) is 2.02. The summed E-state index contributed by atoms with van der Waals surface area (Å²) in [5.74, 6) is 1.61. The molecule has 0 radical (unpaired) electrons. The Labute approximate surface area is 93.5 Å². The Hall–Kier alpha value is -2.03. The molecule has 0 amide bonds. The van der Waals surface area contributed by atoms with Crippen LogP contribution in [0, 0.1) is 0 Å². The van der Waals surface area contributed by atoms with Crippen LogP contribution in [0.5, 0.6) is 11.5 Å². The van der Waals surface area contributed by atoms with Crippen LogP contribution in [-0.2, 0) is 12.8 Å². The molecule has 2 aromatic rings. The van der Waals surface area contributed by atoms with E-state index in [0.717, 1.165) is 34.8 Å². The predicted molar refractivity (Wildman–Crippen MR) is 57.7 cm³/mol. The highest BCUT2D eigenvalue weighted by atomic mass is 16.5. The van der Waals surface area contributed by atoms with Crippen LogP contribution in [0.1, 0.15) is 11.3 Å². The predicted octanol–water partition coefficient (Wildman–Crippen LogP) is 2.10. The van der Waals surface area contributed by atoms with Gasteiger partial charge in [-0.25, -0.2) is 0 Å². The van der Waals surface area contributed by atoms with Gasteiger partial charge in [-0.15, -0.1) is 0 Å². The molecule has 0 saturated carbocycles. The summed E-state index contributed by atoms with van der Waals surface area (Å²) in [6.07, 6.45) is 3.29. The molecule has 0 unspecified atom stereocenters. The summed E-state index contributed by atoms with van der Waals surface area (Å²) in [6, 6.07) is 11.6. The number of nitrogens with zero attached hydrogens (tertiary/aromatic N) is 1. The Bertz CT molecular complexity index is 537. The van der Waals surface area contributed by atoms with Crippen molar-refractivity contribution in [3.63, 3.8) is 0 Å². The Morgan fingerprint density at radius 1 is 1.00 bits per heavy atom. The van der Waals surface area contributed by atoms with Crippen LogP contribution in [0.4, 0.5) is 0 Å². The molecule has 3 heteroatoms. The van der Waals surface area contributed by atoms with Crippen molar-refractivity contribution in [3.8, 4) is 11.5 Å². The number of para-hydroxylation sites is 1. The maximum atomic E-state index is 9.70. The van der Waals surface area contributed by atoms with Gasteiger partial charge in [-0.1, -0.05) is 18.2 Å². The average molecular weight is 214 g/mol. The summed E-state index contributed by atoms with van der Waals surface area (Å²) < 4.78 is 6.94. The van der Waals surface area contributed by atoms with Gasteiger partial charge < -0.3 is 4.74 Å². The Morgan fingerprint density at radius 3 is 2.75 bits per heavy atom. The first-order valence-corrected chi connectivity index (χ1v) is 5.33. The van der Waals surface area contributed by atoms with Crippen molar-refractivity contribution in [2.45, 2.75) is 12.8 Å². The van der Waals surface area contributed by atoms with Crippen molar-refractivity contribution in [2.75, 3.05) is 0 Å². The molecule has 3 rings (SSSR count). The fourth-order valence-corrected chi connectivity index (χ4v) is 2.02. The van der Waals surface area contributed by atoms with E-state index in [1.807, 2.05) is 24.3 Å². The van der Waals surface area contributed by atoms with E-state index in [1.165, 1.54) is 5.56 Å². The van der Waals surface area contributed by atoms with Crippen molar-refractivity contribution in [2.24, 2.45) is 0 Å². The summed E-state index contributed by atoms with van der Waals surface area (Å²) >= 11 is 0. The van der Waals surface area contributed by atoms with Crippen LogP contribution in [-0.4, -0.2) is 5.21 Å². The van der Waals surface area contributed by atoms with Gasteiger partial charge >= 0.3 is 0 Å². The van der Waals surface area contributed by atoms with Crippen LogP contribution in [0.25, 0.3) is 0 Å². The molecule has 0 atom stereocenters. The Balaban J connectivity index is 2.12. The van der Waals surface area contributed by atoms with E-state index in [0.29, 0.717) is 0 Å². The van der Waals surface area contributed by atoms with Gasteiger partial charge in [-0.05, 0) is 24.1 Å². The largest absolute Gasteiger partial charge is 0.450 e. The lowest BCUT2D eigenvalue weighted by molar-refractivity contribution is -0.909. The number of hydrogen-bond acceptors (Lipinski definition) is 2. The van der Waals surface area contributed by atoms with Gasteiger partial charge in [0.2, 0.25) is 6.20 Å². The number of hydrogen-bond donors (Lipinski definition) is 1. The number of ether oxygens (including phenoxy) is 1. The molecule has 1 aliphatic heterocycles. The Morgan fingerprint density at radius 2 is 1.81 bits per heavy atom. The van der Waals surface area contributed by atoms with Gasteiger partial charge in [-0.3, -0.25) is 5.21 Å². The zero-order chi connectivity index (χ0) is 11.0. The zero-order valence-corrected chi connectivity index (χ0v) is 8.76. The molecule has 2 heterocycles. The second-order valence-electron chi connectivity index (χ2n) is 3.87. The van der Waals surface area contributed by atoms with Gasteiger partial charge in [0.1, 0.15) is 5.75 Å². The standard InChI is InChI=1S/C13H12NO2/c15-14-9-3-6-13-11(14)8-7-10-4-1-2-5-12(10)16-13/h1-6,9,15H,7-8H2/q+1. The summed E-state index contributed by atoms with van der Waals surface area (Å²) in [5, 5.41) is 9.70. The second kappa shape index (κ2) is 3.52. The van der Waals surface area contributed by atoms with Gasteiger partial charge in [-0.2, -0.15) is 0 Å². The topological polar surface area (TPSA) is 33.3 Å². The quantitative estimate of drug-likeness (QED) is 0.538. The van der Waals surface area contributed by atoms with Gasteiger partial charge in [0, 0.05) is 17.2 Å². The van der Waals surface area contributed by atoms with E-state index in [2.05, 4.69) is 6.07 Å². The molecule has 1 N–H and O–H groups in total. The number of fused-ring (bicyclic) bond motifs is 2. The summed E-state index contributed by atoms with van der Waals surface area (Å²) in [7, 11) is 0. The van der Waals surface area contributed by atoms with Crippen molar-refractivity contribution in [1.82, 2.24) is 0 Å².